The molecule has 0 rings (SSSR count). The molecule has 0 aromatic rings. The lowest BCUT2D eigenvalue weighted by atomic mass is 10.7. The maximum atomic E-state index is 12.5. The van der Waals surface area contributed by atoms with Gasteiger partial charge >= 0.3 is 5.97 Å². The third kappa shape index (κ3) is 5.03. The molecule has 0 heterocycles. The van der Waals surface area contributed by atoms with E-state index >= 15 is 0 Å². The molecular formula is C6H11FO3S. The van der Waals surface area contributed by atoms with Crippen LogP contribution in [0.2, 0.25) is 0 Å². The van der Waals surface area contributed by atoms with Gasteiger partial charge < -0.3 is 9.84 Å². The lowest BCUT2D eigenvalue weighted by Crippen LogP contribution is -2.16. The van der Waals surface area contributed by atoms with Crippen LogP contribution >= 0.6 is 11.8 Å². The molecule has 0 amide bonds. The minimum Gasteiger partial charge on any atom is -0.463 e. The second-order valence-electron chi connectivity index (χ2n) is 1.66. The number of hydrogen-bond donors (Lipinski definition) is 1. The fourth-order valence-corrected chi connectivity index (χ4v) is 0.948. The van der Waals surface area contributed by atoms with Crippen molar-refractivity contribution in [2.24, 2.45) is 0 Å². The third-order valence-electron chi connectivity index (χ3n) is 0.827. The molecule has 0 saturated heterocycles. The average molecular weight is 182 g/mol. The monoisotopic (exact) mass is 182 g/mol. The standard InChI is InChI=1S/C6H11FO3S/c1-2-10-6(9)5(7)11-4-3-8/h5,8H,2-4H2,1H3. The number of ether oxygens (including phenoxy) is 1. The van der Waals surface area contributed by atoms with Crippen LogP contribution in [0.25, 0.3) is 0 Å². The quantitative estimate of drug-likeness (QED) is 0.631. The smallest absolute Gasteiger partial charge is 0.351 e. The highest BCUT2D eigenvalue weighted by molar-refractivity contribution is 8.00. The Morgan fingerprint density at radius 3 is 2.91 bits per heavy atom. The Morgan fingerprint density at radius 2 is 2.45 bits per heavy atom. The topological polar surface area (TPSA) is 46.5 Å². The minimum absolute atomic E-state index is 0.134. The molecule has 0 aliphatic carbocycles. The molecule has 0 aliphatic rings. The zero-order valence-electron chi connectivity index (χ0n) is 6.25. The summed E-state index contributed by atoms with van der Waals surface area (Å²) in [7, 11) is 0. The SMILES string of the molecule is CCOC(=O)C(F)SCCO. The largest absolute Gasteiger partial charge is 0.463 e. The molecule has 0 fully saturated rings. The van der Waals surface area contributed by atoms with E-state index < -0.39 is 11.5 Å². The van der Waals surface area contributed by atoms with Crippen LogP contribution in [-0.4, -0.2) is 35.5 Å². The minimum atomic E-state index is -1.66. The van der Waals surface area contributed by atoms with Gasteiger partial charge in [-0.3, -0.25) is 0 Å². The van der Waals surface area contributed by atoms with Crippen LogP contribution in [0.5, 0.6) is 0 Å². The van der Waals surface area contributed by atoms with Gasteiger partial charge in [-0.1, -0.05) is 0 Å². The number of esters is 1. The van der Waals surface area contributed by atoms with Crippen molar-refractivity contribution in [1.82, 2.24) is 0 Å². The first kappa shape index (κ1) is 10.7. The molecule has 0 aromatic heterocycles. The molecule has 0 radical (unpaired) electrons. The first-order chi connectivity index (χ1) is 5.22. The first-order valence-electron chi connectivity index (χ1n) is 3.25. The fraction of sp³-hybridized carbons (Fsp3) is 0.833. The lowest BCUT2D eigenvalue weighted by Gasteiger charge is -2.04. The van der Waals surface area contributed by atoms with E-state index in [1.807, 2.05) is 0 Å². The van der Waals surface area contributed by atoms with Crippen molar-refractivity contribution >= 4 is 17.7 Å². The summed E-state index contributed by atoms with van der Waals surface area (Å²) >= 11 is 0.733. The Bertz CT molecular complexity index is 120. The summed E-state index contributed by atoms with van der Waals surface area (Å²) in [6.45, 7) is 1.66. The van der Waals surface area contributed by atoms with Crippen molar-refractivity contribution < 1.29 is 19.0 Å². The molecule has 0 aromatic carbocycles. The summed E-state index contributed by atoms with van der Waals surface area (Å²) in [6, 6.07) is 0. The molecule has 66 valence electrons. The number of rotatable bonds is 5. The van der Waals surface area contributed by atoms with Gasteiger partial charge in [-0.25, -0.2) is 9.18 Å². The van der Waals surface area contributed by atoms with Gasteiger partial charge in [0.1, 0.15) is 0 Å². The number of carbonyl (C=O) groups is 1. The predicted octanol–water partition coefficient (Wildman–Crippen LogP) is 0.571. The van der Waals surface area contributed by atoms with Gasteiger partial charge in [0.15, 0.2) is 0 Å². The first-order valence-corrected chi connectivity index (χ1v) is 4.30. The summed E-state index contributed by atoms with van der Waals surface area (Å²) in [5, 5.41) is 8.29. The van der Waals surface area contributed by atoms with E-state index in [4.69, 9.17) is 5.11 Å². The van der Waals surface area contributed by atoms with E-state index in [2.05, 4.69) is 4.74 Å². The fourth-order valence-electron chi connectivity index (χ4n) is 0.432. The molecule has 1 unspecified atom stereocenters. The van der Waals surface area contributed by atoms with E-state index in [9.17, 15) is 9.18 Å². The van der Waals surface area contributed by atoms with Crippen LogP contribution in [0.1, 0.15) is 6.92 Å². The van der Waals surface area contributed by atoms with Gasteiger partial charge in [-0.15, -0.1) is 11.8 Å². The maximum Gasteiger partial charge on any atom is 0.351 e. The van der Waals surface area contributed by atoms with E-state index in [1.165, 1.54) is 0 Å². The average Bonchev–Trinajstić information content (AvgIpc) is 2.00. The molecule has 0 saturated carbocycles. The number of alkyl halides is 1. The Morgan fingerprint density at radius 1 is 1.82 bits per heavy atom. The second kappa shape index (κ2) is 6.42. The van der Waals surface area contributed by atoms with E-state index in [0.29, 0.717) is 0 Å². The molecule has 1 atom stereocenters. The van der Waals surface area contributed by atoms with E-state index in [-0.39, 0.29) is 19.0 Å². The molecular weight excluding hydrogens is 171 g/mol. The lowest BCUT2D eigenvalue weighted by molar-refractivity contribution is -0.145. The molecule has 5 heteroatoms. The summed E-state index contributed by atoms with van der Waals surface area (Å²) in [4.78, 5) is 10.5. The molecule has 11 heavy (non-hydrogen) atoms. The van der Waals surface area contributed by atoms with Crippen LogP contribution in [-0.2, 0) is 9.53 Å². The highest BCUT2D eigenvalue weighted by Crippen LogP contribution is 2.12. The maximum absolute atomic E-state index is 12.5. The van der Waals surface area contributed by atoms with Gasteiger partial charge in [-0.2, -0.15) is 0 Å². The van der Waals surface area contributed by atoms with Gasteiger partial charge in [0, 0.05) is 5.75 Å². The van der Waals surface area contributed by atoms with E-state index in [1.54, 1.807) is 6.92 Å². The van der Waals surface area contributed by atoms with Crippen LogP contribution in [0.3, 0.4) is 0 Å². The summed E-state index contributed by atoms with van der Waals surface area (Å²) in [5.74, 6) is -0.661. The van der Waals surface area contributed by atoms with Crippen molar-refractivity contribution in [2.75, 3.05) is 19.0 Å². The van der Waals surface area contributed by atoms with Crippen LogP contribution in [0.15, 0.2) is 0 Å². The summed E-state index contributed by atoms with van der Waals surface area (Å²) in [5.41, 5.74) is -1.66. The molecule has 0 spiro atoms. The van der Waals surface area contributed by atoms with Gasteiger partial charge in [-0.05, 0) is 6.92 Å². The number of carbonyl (C=O) groups excluding carboxylic acids is 1. The van der Waals surface area contributed by atoms with Crippen LogP contribution in [0.4, 0.5) is 4.39 Å². The molecule has 3 nitrogen and oxygen atoms in total. The van der Waals surface area contributed by atoms with Gasteiger partial charge in [0.2, 0.25) is 5.50 Å². The zero-order valence-corrected chi connectivity index (χ0v) is 7.07. The summed E-state index contributed by atoms with van der Waals surface area (Å²) < 4.78 is 16.9. The Hall–Kier alpha value is -0.290. The van der Waals surface area contributed by atoms with Crippen molar-refractivity contribution in [1.29, 1.82) is 0 Å². The van der Waals surface area contributed by atoms with Crippen molar-refractivity contribution in [3.63, 3.8) is 0 Å². The molecule has 0 aliphatic heterocycles. The molecule has 1 N–H and O–H groups in total. The Labute approximate surface area is 68.9 Å². The zero-order chi connectivity index (χ0) is 8.69. The molecule has 0 bridgehead atoms. The third-order valence-corrected chi connectivity index (χ3v) is 1.73. The number of hydrogen-bond acceptors (Lipinski definition) is 4. The second-order valence-corrected chi connectivity index (χ2v) is 2.82. The Kier molecular flexibility index (Phi) is 6.25. The highest BCUT2D eigenvalue weighted by Gasteiger charge is 2.17. The number of aliphatic hydroxyl groups is 1. The van der Waals surface area contributed by atoms with Crippen molar-refractivity contribution in [3.8, 4) is 0 Å². The van der Waals surface area contributed by atoms with Gasteiger partial charge in [0.05, 0.1) is 13.2 Å². The van der Waals surface area contributed by atoms with Crippen molar-refractivity contribution in [2.45, 2.75) is 12.4 Å². The van der Waals surface area contributed by atoms with Crippen LogP contribution < -0.4 is 0 Å². The number of thioether (sulfide) groups is 1. The number of halogens is 1. The van der Waals surface area contributed by atoms with Gasteiger partial charge in [0.25, 0.3) is 0 Å². The van der Waals surface area contributed by atoms with E-state index in [0.717, 1.165) is 11.8 Å². The van der Waals surface area contributed by atoms with Crippen LogP contribution in [0, 0.1) is 0 Å². The Balaban J connectivity index is 3.46. The predicted molar refractivity (Wildman–Crippen MR) is 41.1 cm³/mol. The highest BCUT2D eigenvalue weighted by atomic mass is 32.2. The van der Waals surface area contributed by atoms with Crippen molar-refractivity contribution in [3.05, 3.63) is 0 Å². The normalized spacial score (nSPS) is 12.6. The summed E-state index contributed by atoms with van der Waals surface area (Å²) in [6.07, 6.45) is 0. The number of aliphatic hydroxyl groups excluding tert-OH is 1.